The summed E-state index contributed by atoms with van der Waals surface area (Å²) >= 11 is 6.61. The predicted octanol–water partition coefficient (Wildman–Crippen LogP) is 6.57. The quantitative estimate of drug-likeness (QED) is 0.328. The third kappa shape index (κ3) is 1.82. The van der Waals surface area contributed by atoms with Crippen molar-refractivity contribution >= 4 is 38.8 Å². The van der Waals surface area contributed by atoms with Gasteiger partial charge in [0, 0.05) is 17.1 Å². The molecule has 0 aliphatic heterocycles. The molecule has 5 rings (SSSR count). The molecule has 0 saturated heterocycles. The number of halogens is 1. The summed E-state index contributed by atoms with van der Waals surface area (Å²) in [6, 6.07) is 27.4. The van der Waals surface area contributed by atoms with Crippen molar-refractivity contribution < 1.29 is 0 Å². The second-order valence-electron chi connectivity index (χ2n) is 6.00. The molecule has 2 aromatic heterocycles. The van der Waals surface area contributed by atoms with Crippen molar-refractivity contribution in [3.05, 3.63) is 90.1 Å². The summed E-state index contributed by atoms with van der Waals surface area (Å²) in [4.78, 5) is 0. The van der Waals surface area contributed by atoms with Crippen molar-refractivity contribution in [3.63, 3.8) is 0 Å². The molecule has 0 bridgehead atoms. The zero-order valence-corrected chi connectivity index (χ0v) is 13.7. The van der Waals surface area contributed by atoms with Crippen LogP contribution in [-0.4, -0.2) is 4.40 Å². The van der Waals surface area contributed by atoms with Crippen LogP contribution in [0.15, 0.2) is 85.1 Å². The number of nitrogens with zero attached hydrogens (tertiary/aromatic N) is 1. The molecule has 0 atom stereocenters. The van der Waals surface area contributed by atoms with Crippen LogP contribution in [0.25, 0.3) is 38.3 Å². The Kier molecular flexibility index (Phi) is 2.91. The molecule has 0 N–H and O–H groups in total. The zero-order chi connectivity index (χ0) is 16.1. The van der Waals surface area contributed by atoms with Crippen molar-refractivity contribution in [2.75, 3.05) is 0 Å². The van der Waals surface area contributed by atoms with Crippen LogP contribution in [0.3, 0.4) is 0 Å². The van der Waals surface area contributed by atoms with E-state index in [1.807, 2.05) is 18.2 Å². The fourth-order valence-electron chi connectivity index (χ4n) is 3.65. The number of hydrogen-bond donors (Lipinski definition) is 0. The largest absolute Gasteiger partial charge is 0.314 e. The molecule has 24 heavy (non-hydrogen) atoms. The van der Waals surface area contributed by atoms with E-state index in [1.165, 1.54) is 32.8 Å². The Hall–Kier alpha value is -2.77. The van der Waals surface area contributed by atoms with E-state index in [0.29, 0.717) is 0 Å². The van der Waals surface area contributed by atoms with Gasteiger partial charge in [0.25, 0.3) is 0 Å². The summed E-state index contributed by atoms with van der Waals surface area (Å²) in [6.07, 6.45) is 2.09. The van der Waals surface area contributed by atoms with Crippen LogP contribution in [-0.2, 0) is 0 Å². The summed E-state index contributed by atoms with van der Waals surface area (Å²) in [7, 11) is 0. The average molecular weight is 328 g/mol. The highest BCUT2D eigenvalue weighted by Crippen LogP contribution is 2.41. The number of pyridine rings is 1. The highest BCUT2D eigenvalue weighted by Gasteiger charge is 2.17. The molecule has 0 radical (unpaired) electrons. The molecule has 0 amide bonds. The van der Waals surface area contributed by atoms with Crippen LogP contribution in [0.5, 0.6) is 0 Å². The molecular formula is C22H14ClN. The van der Waals surface area contributed by atoms with Gasteiger partial charge in [-0.25, -0.2) is 0 Å². The maximum absolute atomic E-state index is 6.61. The lowest BCUT2D eigenvalue weighted by molar-refractivity contribution is 1.25. The molecule has 0 unspecified atom stereocenters. The molecule has 0 aliphatic rings. The molecule has 0 saturated carbocycles. The monoisotopic (exact) mass is 327 g/mol. The molecular weight excluding hydrogens is 314 g/mol. The number of benzene rings is 3. The summed E-state index contributed by atoms with van der Waals surface area (Å²) in [5.41, 5.74) is 4.64. The van der Waals surface area contributed by atoms with E-state index in [4.69, 9.17) is 11.6 Å². The van der Waals surface area contributed by atoms with E-state index in [1.54, 1.807) is 0 Å². The van der Waals surface area contributed by atoms with Crippen LogP contribution < -0.4 is 0 Å². The van der Waals surface area contributed by atoms with Gasteiger partial charge in [-0.15, -0.1) is 0 Å². The van der Waals surface area contributed by atoms with Gasteiger partial charge in [-0.2, -0.15) is 0 Å². The molecule has 114 valence electrons. The van der Waals surface area contributed by atoms with Crippen molar-refractivity contribution in [1.82, 2.24) is 4.40 Å². The van der Waals surface area contributed by atoms with E-state index >= 15 is 0 Å². The first kappa shape index (κ1) is 13.6. The highest BCUT2D eigenvalue weighted by atomic mass is 35.5. The van der Waals surface area contributed by atoms with Gasteiger partial charge in [-0.1, -0.05) is 72.3 Å². The number of fused-ring (bicyclic) bond motifs is 5. The van der Waals surface area contributed by atoms with Gasteiger partial charge in [0.2, 0.25) is 0 Å². The molecule has 0 aliphatic carbocycles. The fourth-order valence-corrected chi connectivity index (χ4v) is 3.91. The fraction of sp³-hybridized carbons (Fsp3) is 0. The number of hydrogen-bond acceptors (Lipinski definition) is 0. The van der Waals surface area contributed by atoms with Crippen LogP contribution in [0.4, 0.5) is 0 Å². The average Bonchev–Trinajstić information content (AvgIpc) is 2.99. The maximum atomic E-state index is 6.61. The lowest BCUT2D eigenvalue weighted by Gasteiger charge is -2.05. The second kappa shape index (κ2) is 5.12. The van der Waals surface area contributed by atoms with E-state index in [9.17, 15) is 0 Å². The molecule has 1 nitrogen and oxygen atoms in total. The van der Waals surface area contributed by atoms with Crippen LogP contribution >= 0.6 is 11.6 Å². The third-order valence-corrected chi connectivity index (χ3v) is 4.97. The standard InChI is InChI=1S/C22H14ClN/c23-18-11-6-14-24-19-13-12-15-7-4-5-10-17(15)21(19)20(22(18)24)16-8-2-1-3-9-16/h1-14H. The topological polar surface area (TPSA) is 4.41 Å². The van der Waals surface area contributed by atoms with Gasteiger partial charge < -0.3 is 4.40 Å². The Balaban J connectivity index is 2.12. The maximum Gasteiger partial charge on any atom is 0.0728 e. The molecule has 0 spiro atoms. The Bertz CT molecular complexity index is 1200. The van der Waals surface area contributed by atoms with Gasteiger partial charge >= 0.3 is 0 Å². The molecule has 2 heteroatoms. The second-order valence-corrected chi connectivity index (χ2v) is 6.40. The van der Waals surface area contributed by atoms with Crippen LogP contribution in [0.2, 0.25) is 5.02 Å². The smallest absolute Gasteiger partial charge is 0.0728 e. The van der Waals surface area contributed by atoms with Crippen molar-refractivity contribution in [2.45, 2.75) is 0 Å². The van der Waals surface area contributed by atoms with Gasteiger partial charge in [0.15, 0.2) is 0 Å². The van der Waals surface area contributed by atoms with Crippen molar-refractivity contribution in [2.24, 2.45) is 0 Å². The minimum Gasteiger partial charge on any atom is -0.314 e. The Morgan fingerprint density at radius 1 is 0.708 bits per heavy atom. The Morgan fingerprint density at radius 2 is 1.50 bits per heavy atom. The zero-order valence-electron chi connectivity index (χ0n) is 12.9. The Labute approximate surface area is 144 Å². The molecule has 3 aromatic carbocycles. The highest BCUT2D eigenvalue weighted by molar-refractivity contribution is 6.36. The van der Waals surface area contributed by atoms with Gasteiger partial charge in [0.1, 0.15) is 0 Å². The first-order valence-corrected chi connectivity index (χ1v) is 8.38. The van der Waals surface area contributed by atoms with E-state index < -0.39 is 0 Å². The molecule has 5 aromatic rings. The lowest BCUT2D eigenvalue weighted by atomic mass is 9.98. The van der Waals surface area contributed by atoms with Crippen molar-refractivity contribution in [3.8, 4) is 11.1 Å². The lowest BCUT2D eigenvalue weighted by Crippen LogP contribution is -1.84. The van der Waals surface area contributed by atoms with Crippen molar-refractivity contribution in [1.29, 1.82) is 0 Å². The van der Waals surface area contributed by atoms with Gasteiger partial charge in [0.05, 0.1) is 16.1 Å². The number of rotatable bonds is 1. The summed E-state index contributed by atoms with van der Waals surface area (Å²) in [6.45, 7) is 0. The van der Waals surface area contributed by atoms with E-state index in [0.717, 1.165) is 10.5 Å². The third-order valence-electron chi connectivity index (χ3n) is 4.66. The SMILES string of the molecule is Clc1cccn2c1c(-c1ccccc1)c1c3ccccc3ccc12. The van der Waals surface area contributed by atoms with Crippen LogP contribution in [0.1, 0.15) is 0 Å². The first-order chi connectivity index (χ1) is 11.8. The van der Waals surface area contributed by atoms with E-state index in [2.05, 4.69) is 71.3 Å². The van der Waals surface area contributed by atoms with E-state index in [-0.39, 0.29) is 0 Å². The summed E-state index contributed by atoms with van der Waals surface area (Å²) < 4.78 is 2.20. The predicted molar refractivity (Wildman–Crippen MR) is 103 cm³/mol. The normalized spacial score (nSPS) is 11.5. The summed E-state index contributed by atoms with van der Waals surface area (Å²) in [5.74, 6) is 0. The van der Waals surface area contributed by atoms with Crippen LogP contribution in [0, 0.1) is 0 Å². The Morgan fingerprint density at radius 3 is 2.38 bits per heavy atom. The van der Waals surface area contributed by atoms with Gasteiger partial charge in [-0.3, -0.25) is 0 Å². The first-order valence-electron chi connectivity index (χ1n) is 8.00. The summed E-state index contributed by atoms with van der Waals surface area (Å²) in [5, 5.41) is 4.53. The molecule has 0 fully saturated rings. The molecule has 2 heterocycles. The minimum absolute atomic E-state index is 0.775. The van der Waals surface area contributed by atoms with Gasteiger partial charge in [-0.05, 0) is 34.5 Å². The minimum atomic E-state index is 0.775. The number of aromatic nitrogens is 1.